The molecule has 2 N–H and O–H groups in total. The Labute approximate surface area is 284 Å². The van der Waals surface area contributed by atoms with Gasteiger partial charge in [-0.3, -0.25) is 9.69 Å². The number of nitrogens with one attached hydrogen (secondary N) is 2. The number of fused-ring (bicyclic) bond motifs is 2. The van der Waals surface area contributed by atoms with Crippen LogP contribution in [0.4, 0.5) is 22.0 Å². The van der Waals surface area contributed by atoms with Crippen LogP contribution in [0.3, 0.4) is 0 Å². The van der Waals surface area contributed by atoms with Crippen molar-refractivity contribution < 1.29 is 26.7 Å². The fraction of sp³-hybridized carbons (Fsp3) is 0.382. The summed E-state index contributed by atoms with van der Waals surface area (Å²) in [6.07, 6.45) is -2.25. The van der Waals surface area contributed by atoms with E-state index in [0.29, 0.717) is 40.7 Å². The van der Waals surface area contributed by atoms with Crippen LogP contribution in [-0.4, -0.2) is 59.6 Å². The second kappa shape index (κ2) is 14.0. The van der Waals surface area contributed by atoms with E-state index in [-0.39, 0.29) is 35.6 Å². The summed E-state index contributed by atoms with van der Waals surface area (Å²) in [6.45, 7) is -0.613. The third-order valence-electron chi connectivity index (χ3n) is 8.78. The average molecular weight is 714 g/mol. The van der Waals surface area contributed by atoms with E-state index in [2.05, 4.69) is 10.6 Å². The van der Waals surface area contributed by atoms with Gasteiger partial charge in [-0.15, -0.1) is 0 Å². The molecule has 2 bridgehead atoms. The smallest absolute Gasteiger partial charge is 0.331 e. The number of carbonyl (C=O) groups excluding carboxylic acids is 1. The highest BCUT2D eigenvalue weighted by molar-refractivity contribution is 6.42. The predicted octanol–water partition coefficient (Wildman–Crippen LogP) is 7.77. The summed E-state index contributed by atoms with van der Waals surface area (Å²) in [6, 6.07) is 14.3. The Balaban J connectivity index is 1.29. The summed E-state index contributed by atoms with van der Waals surface area (Å²) in [5.41, 5.74) is 3.07. The quantitative estimate of drug-likeness (QED) is 0.167. The molecule has 0 radical (unpaired) electrons. The summed E-state index contributed by atoms with van der Waals surface area (Å²) in [5, 5.41) is 7.46. The van der Waals surface area contributed by atoms with Crippen LogP contribution in [-0.2, 0) is 24.4 Å². The molecular weight excluding hydrogens is 682 g/mol. The zero-order valence-electron chi connectivity index (χ0n) is 25.1. The Morgan fingerprint density at radius 1 is 0.894 bits per heavy atom. The van der Waals surface area contributed by atoms with Gasteiger partial charge in [-0.25, -0.2) is 8.78 Å². The lowest BCUT2D eigenvalue weighted by Gasteiger charge is -2.41. The van der Waals surface area contributed by atoms with Gasteiger partial charge in [-0.05, 0) is 59.7 Å². The SMILES string of the molecule is O=C(C1=C(c2ccc(CN(Cc3c(F)ccc(Cl)c3F)CC(F)(F)F)cc2)C[C@H]2CNC[C@H]1N2)N(Cc1cccc(Cl)c1Cl)C1CC1. The van der Waals surface area contributed by atoms with Crippen molar-refractivity contribution >= 4 is 46.3 Å². The van der Waals surface area contributed by atoms with Crippen molar-refractivity contribution in [2.24, 2.45) is 0 Å². The summed E-state index contributed by atoms with van der Waals surface area (Å²) < 4.78 is 69.6. The minimum absolute atomic E-state index is 0.0803. The van der Waals surface area contributed by atoms with E-state index in [1.807, 2.05) is 11.0 Å². The summed E-state index contributed by atoms with van der Waals surface area (Å²) in [4.78, 5) is 17.2. The predicted molar refractivity (Wildman–Crippen MR) is 173 cm³/mol. The van der Waals surface area contributed by atoms with Crippen LogP contribution in [0.5, 0.6) is 0 Å². The Kier molecular flexibility index (Phi) is 10.2. The lowest BCUT2D eigenvalue weighted by molar-refractivity contribution is -0.148. The molecule has 0 aromatic heterocycles. The van der Waals surface area contributed by atoms with Gasteiger partial charge in [0.1, 0.15) is 11.6 Å². The molecule has 0 unspecified atom stereocenters. The van der Waals surface area contributed by atoms with Crippen molar-refractivity contribution in [1.82, 2.24) is 20.4 Å². The number of benzene rings is 3. The lowest BCUT2D eigenvalue weighted by Crippen LogP contribution is -2.60. The fourth-order valence-electron chi connectivity index (χ4n) is 6.43. The second-order valence-corrected chi connectivity index (χ2v) is 13.5. The number of rotatable bonds is 10. The molecule has 47 heavy (non-hydrogen) atoms. The summed E-state index contributed by atoms with van der Waals surface area (Å²) >= 11 is 18.6. The number of hydrogen-bond acceptors (Lipinski definition) is 4. The van der Waals surface area contributed by atoms with Crippen molar-refractivity contribution in [1.29, 1.82) is 0 Å². The van der Waals surface area contributed by atoms with Gasteiger partial charge in [0, 0.05) is 55.9 Å². The Morgan fingerprint density at radius 3 is 2.34 bits per heavy atom. The molecule has 1 saturated carbocycles. The van der Waals surface area contributed by atoms with E-state index in [0.717, 1.165) is 53.1 Å². The largest absolute Gasteiger partial charge is 0.401 e. The first kappa shape index (κ1) is 34.1. The minimum atomic E-state index is -4.60. The average Bonchev–Trinajstić information content (AvgIpc) is 3.87. The molecule has 3 aromatic rings. The van der Waals surface area contributed by atoms with Crippen molar-refractivity contribution in [3.8, 4) is 0 Å². The molecule has 3 aromatic carbocycles. The van der Waals surface area contributed by atoms with Gasteiger partial charge in [0.25, 0.3) is 5.91 Å². The highest BCUT2D eigenvalue weighted by atomic mass is 35.5. The van der Waals surface area contributed by atoms with Gasteiger partial charge in [-0.2, -0.15) is 13.2 Å². The van der Waals surface area contributed by atoms with Gasteiger partial charge in [0.05, 0.1) is 27.7 Å². The van der Waals surface area contributed by atoms with Gasteiger partial charge >= 0.3 is 6.18 Å². The molecule has 0 spiro atoms. The Bertz CT molecular complexity index is 1680. The topological polar surface area (TPSA) is 47.6 Å². The van der Waals surface area contributed by atoms with Crippen molar-refractivity contribution in [2.75, 3.05) is 19.6 Å². The second-order valence-electron chi connectivity index (χ2n) is 12.3. The number of nitrogens with zero attached hydrogens (tertiary/aromatic N) is 2. The first-order valence-electron chi connectivity index (χ1n) is 15.3. The maximum atomic E-state index is 14.6. The van der Waals surface area contributed by atoms with Crippen LogP contribution in [0.15, 0.2) is 60.2 Å². The number of halogens is 8. The Morgan fingerprint density at radius 2 is 1.64 bits per heavy atom. The number of hydrogen-bond donors (Lipinski definition) is 2. The molecule has 2 aliphatic heterocycles. The van der Waals surface area contributed by atoms with Crippen molar-refractivity contribution in [3.63, 3.8) is 0 Å². The zero-order chi connectivity index (χ0) is 33.5. The number of carbonyl (C=O) groups is 1. The normalized spacial score (nSPS) is 19.8. The molecule has 3 aliphatic rings. The summed E-state index contributed by atoms with van der Waals surface area (Å²) in [7, 11) is 0. The number of piperazine rings is 1. The molecule has 1 saturated heterocycles. The molecule has 13 heteroatoms. The van der Waals surface area contributed by atoms with Gasteiger partial charge < -0.3 is 15.5 Å². The van der Waals surface area contributed by atoms with Crippen molar-refractivity contribution in [2.45, 2.75) is 63.2 Å². The molecular formula is C34H32Cl3F5N4O. The number of alkyl halides is 3. The van der Waals surface area contributed by atoms with Gasteiger partial charge in [0.15, 0.2) is 0 Å². The van der Waals surface area contributed by atoms with Gasteiger partial charge in [-0.1, -0.05) is 71.2 Å². The van der Waals surface area contributed by atoms with Crippen molar-refractivity contribution in [3.05, 3.63) is 109 Å². The lowest BCUT2D eigenvalue weighted by atomic mass is 9.83. The molecule has 2 heterocycles. The van der Waals surface area contributed by atoms with E-state index in [1.54, 1.807) is 36.4 Å². The maximum Gasteiger partial charge on any atom is 0.401 e. The first-order chi connectivity index (χ1) is 22.4. The van der Waals surface area contributed by atoms with E-state index < -0.39 is 36.5 Å². The van der Waals surface area contributed by atoms with E-state index >= 15 is 0 Å². The maximum absolute atomic E-state index is 14.6. The molecule has 2 atom stereocenters. The molecule has 6 rings (SSSR count). The zero-order valence-corrected chi connectivity index (χ0v) is 27.4. The first-order valence-corrected chi connectivity index (χ1v) is 16.5. The van der Waals surface area contributed by atoms with Crippen LogP contribution < -0.4 is 10.6 Å². The molecule has 1 aliphatic carbocycles. The van der Waals surface area contributed by atoms with E-state index in [1.165, 1.54) is 0 Å². The third-order valence-corrected chi connectivity index (χ3v) is 9.93. The highest BCUT2D eigenvalue weighted by Gasteiger charge is 2.41. The monoisotopic (exact) mass is 712 g/mol. The van der Waals surface area contributed by atoms with Gasteiger partial charge in [0.2, 0.25) is 0 Å². The minimum Gasteiger partial charge on any atom is -0.331 e. The van der Waals surface area contributed by atoms with Crippen LogP contribution in [0, 0.1) is 11.6 Å². The van der Waals surface area contributed by atoms with Crippen LogP contribution >= 0.6 is 34.8 Å². The highest BCUT2D eigenvalue weighted by Crippen LogP contribution is 2.38. The Hall–Kier alpha value is -2.73. The molecule has 5 nitrogen and oxygen atoms in total. The standard InChI is InChI=1S/C34H32Cl3F5N4O/c35-26-3-1-2-21(31(26)37)16-46(23-8-9-23)33(47)30-24(12-22-13-43-14-29(30)44-22)20-6-4-19(5-7-20)15-45(18-34(40,41)42)17-25-28(38)11-10-27(36)32(25)39/h1-7,10-11,22-23,29,43-44H,8-9,12-18H2/t22-,29+/m0/s1. The fourth-order valence-corrected chi connectivity index (χ4v) is 6.99. The molecule has 250 valence electrons. The molecule has 2 fully saturated rings. The van der Waals surface area contributed by atoms with E-state index in [9.17, 15) is 26.7 Å². The van der Waals surface area contributed by atoms with E-state index in [4.69, 9.17) is 34.8 Å². The summed E-state index contributed by atoms with van der Waals surface area (Å²) in [5.74, 6) is -2.14. The van der Waals surface area contributed by atoms with Crippen LogP contribution in [0.25, 0.3) is 5.57 Å². The van der Waals surface area contributed by atoms with Crippen LogP contribution in [0.2, 0.25) is 15.1 Å². The molecule has 1 amide bonds. The van der Waals surface area contributed by atoms with Crippen LogP contribution in [0.1, 0.15) is 41.5 Å². The third kappa shape index (κ3) is 7.95. The number of amides is 1.